The van der Waals surface area contributed by atoms with Crippen LogP contribution in [0.2, 0.25) is 0 Å². The molecule has 0 bridgehead atoms. The van der Waals surface area contributed by atoms with Crippen molar-refractivity contribution in [2.45, 2.75) is 19.4 Å². The molecule has 1 fully saturated rings. The number of carbonyl (C=O) groups excluding carboxylic acids is 2. The normalized spacial score (nSPS) is 14.5. The second-order valence-electron chi connectivity index (χ2n) is 7.98. The van der Waals surface area contributed by atoms with Gasteiger partial charge in [-0.1, -0.05) is 55.5 Å². The Kier molecular flexibility index (Phi) is 7.25. The van der Waals surface area contributed by atoms with Gasteiger partial charge in [0.2, 0.25) is 0 Å². The van der Waals surface area contributed by atoms with Crippen LogP contribution in [-0.2, 0) is 4.79 Å². The van der Waals surface area contributed by atoms with Crippen molar-refractivity contribution in [3.05, 3.63) is 90.5 Å². The third kappa shape index (κ3) is 5.52. The first-order valence-electron chi connectivity index (χ1n) is 11.4. The molecule has 0 aromatic heterocycles. The molecule has 1 unspecified atom stereocenters. The molecule has 0 saturated carbocycles. The van der Waals surface area contributed by atoms with Crippen LogP contribution in [0.3, 0.4) is 0 Å². The third-order valence-electron chi connectivity index (χ3n) is 5.79. The number of carbonyl (C=O) groups is 2. The lowest BCUT2D eigenvalue weighted by Crippen LogP contribution is -2.49. The molecule has 2 amide bonds. The highest BCUT2D eigenvalue weighted by Crippen LogP contribution is 2.22. The largest absolute Gasteiger partial charge is 0.481 e. The Hall–Kier alpha value is -3.80. The fourth-order valence-electron chi connectivity index (χ4n) is 3.95. The van der Waals surface area contributed by atoms with Crippen molar-refractivity contribution in [2.75, 3.05) is 36.4 Å². The summed E-state index contributed by atoms with van der Waals surface area (Å²) < 4.78 is 5.86. The summed E-state index contributed by atoms with van der Waals surface area (Å²) in [4.78, 5) is 30.4. The van der Waals surface area contributed by atoms with Crippen molar-refractivity contribution in [3.8, 4) is 5.75 Å². The Labute approximate surface area is 194 Å². The lowest BCUT2D eigenvalue weighted by molar-refractivity contribution is -0.122. The van der Waals surface area contributed by atoms with E-state index in [0.29, 0.717) is 36.5 Å². The number of nitrogens with one attached hydrogen (secondary N) is 1. The lowest BCUT2D eigenvalue weighted by atomic mass is 10.1. The first-order valence-corrected chi connectivity index (χ1v) is 11.4. The number of benzene rings is 3. The van der Waals surface area contributed by atoms with Gasteiger partial charge in [0.05, 0.1) is 11.3 Å². The van der Waals surface area contributed by atoms with Gasteiger partial charge in [-0.05, 0) is 42.8 Å². The lowest BCUT2D eigenvalue weighted by Gasteiger charge is -2.36. The van der Waals surface area contributed by atoms with Crippen molar-refractivity contribution >= 4 is 23.2 Å². The van der Waals surface area contributed by atoms with E-state index in [9.17, 15) is 9.59 Å². The van der Waals surface area contributed by atoms with Crippen LogP contribution in [0, 0.1) is 0 Å². The van der Waals surface area contributed by atoms with Crippen molar-refractivity contribution in [3.63, 3.8) is 0 Å². The van der Waals surface area contributed by atoms with Gasteiger partial charge in [-0.3, -0.25) is 9.59 Å². The molecule has 1 heterocycles. The Bertz CT molecular complexity index is 1060. The van der Waals surface area contributed by atoms with Gasteiger partial charge in [-0.15, -0.1) is 0 Å². The summed E-state index contributed by atoms with van der Waals surface area (Å²) in [7, 11) is 0. The highest BCUT2D eigenvalue weighted by molar-refractivity contribution is 6.04. The van der Waals surface area contributed by atoms with Gasteiger partial charge >= 0.3 is 0 Å². The van der Waals surface area contributed by atoms with Crippen molar-refractivity contribution in [2.24, 2.45) is 0 Å². The van der Waals surface area contributed by atoms with Crippen molar-refractivity contribution < 1.29 is 14.3 Å². The molecule has 4 rings (SSSR count). The van der Waals surface area contributed by atoms with E-state index in [0.717, 1.165) is 13.1 Å². The first kappa shape index (κ1) is 22.4. The molecule has 170 valence electrons. The van der Waals surface area contributed by atoms with Gasteiger partial charge in [-0.2, -0.15) is 0 Å². The number of amides is 2. The van der Waals surface area contributed by atoms with Gasteiger partial charge in [0, 0.05) is 31.9 Å². The summed E-state index contributed by atoms with van der Waals surface area (Å²) in [5, 5.41) is 2.91. The summed E-state index contributed by atoms with van der Waals surface area (Å²) >= 11 is 0. The van der Waals surface area contributed by atoms with E-state index in [1.54, 1.807) is 12.1 Å². The standard InChI is InChI=1S/C27H29N3O3/c1-2-25(33-22-13-7-4-8-14-22)26(31)28-24-16-10-9-15-23(24)27(32)30-19-17-29(18-20-30)21-11-5-3-6-12-21/h3-16,25H,2,17-20H2,1H3,(H,28,31). The minimum absolute atomic E-state index is 0.0735. The number of hydrogen-bond donors (Lipinski definition) is 1. The number of hydrogen-bond acceptors (Lipinski definition) is 4. The average molecular weight is 444 g/mol. The van der Waals surface area contributed by atoms with Crippen LogP contribution in [0.5, 0.6) is 5.75 Å². The van der Waals surface area contributed by atoms with Crippen molar-refractivity contribution in [1.29, 1.82) is 0 Å². The Morgan fingerprint density at radius 2 is 1.45 bits per heavy atom. The monoisotopic (exact) mass is 443 g/mol. The summed E-state index contributed by atoms with van der Waals surface area (Å²) in [5.74, 6) is 0.297. The molecule has 6 nitrogen and oxygen atoms in total. The molecule has 1 N–H and O–H groups in total. The van der Waals surface area contributed by atoms with E-state index in [1.807, 2.05) is 72.5 Å². The quantitative estimate of drug-likeness (QED) is 0.586. The van der Waals surface area contributed by atoms with E-state index in [2.05, 4.69) is 22.3 Å². The molecule has 1 saturated heterocycles. The van der Waals surface area contributed by atoms with Crippen LogP contribution >= 0.6 is 0 Å². The Morgan fingerprint density at radius 3 is 2.12 bits per heavy atom. The van der Waals surface area contributed by atoms with E-state index in [-0.39, 0.29) is 11.8 Å². The molecule has 33 heavy (non-hydrogen) atoms. The Balaban J connectivity index is 1.41. The van der Waals surface area contributed by atoms with Crippen LogP contribution in [0.1, 0.15) is 23.7 Å². The second-order valence-corrected chi connectivity index (χ2v) is 7.98. The van der Waals surface area contributed by atoms with Crippen LogP contribution in [0.4, 0.5) is 11.4 Å². The highest BCUT2D eigenvalue weighted by atomic mass is 16.5. The van der Waals surface area contributed by atoms with Crippen LogP contribution in [-0.4, -0.2) is 49.0 Å². The minimum atomic E-state index is -0.648. The minimum Gasteiger partial charge on any atom is -0.481 e. The van der Waals surface area contributed by atoms with Gasteiger partial charge in [0.15, 0.2) is 6.10 Å². The number of para-hydroxylation sites is 3. The van der Waals surface area contributed by atoms with E-state index < -0.39 is 6.10 Å². The zero-order chi connectivity index (χ0) is 23.0. The molecule has 0 aliphatic carbocycles. The fraction of sp³-hybridized carbons (Fsp3) is 0.259. The van der Waals surface area contributed by atoms with E-state index in [1.165, 1.54) is 5.69 Å². The number of ether oxygens (including phenoxy) is 1. The maximum absolute atomic E-state index is 13.3. The predicted molar refractivity (Wildman–Crippen MR) is 131 cm³/mol. The van der Waals surface area contributed by atoms with Gasteiger partial charge in [0.25, 0.3) is 11.8 Å². The molecular formula is C27H29N3O3. The second kappa shape index (κ2) is 10.7. The summed E-state index contributed by atoms with van der Waals surface area (Å²) in [6, 6.07) is 26.7. The van der Waals surface area contributed by atoms with Crippen LogP contribution < -0.4 is 15.0 Å². The molecular weight excluding hydrogens is 414 g/mol. The smallest absolute Gasteiger partial charge is 0.265 e. The molecule has 3 aromatic rings. The molecule has 3 aromatic carbocycles. The van der Waals surface area contributed by atoms with E-state index >= 15 is 0 Å². The maximum atomic E-state index is 13.3. The molecule has 1 aliphatic heterocycles. The Morgan fingerprint density at radius 1 is 0.848 bits per heavy atom. The topological polar surface area (TPSA) is 61.9 Å². The maximum Gasteiger partial charge on any atom is 0.265 e. The molecule has 0 spiro atoms. The van der Waals surface area contributed by atoms with E-state index in [4.69, 9.17) is 4.74 Å². The number of piperazine rings is 1. The highest BCUT2D eigenvalue weighted by Gasteiger charge is 2.26. The fourth-order valence-corrected chi connectivity index (χ4v) is 3.95. The number of rotatable bonds is 7. The van der Waals surface area contributed by atoms with Gasteiger partial charge in [-0.25, -0.2) is 0 Å². The summed E-state index contributed by atoms with van der Waals surface area (Å²) in [5.41, 5.74) is 2.17. The van der Waals surface area contributed by atoms with Gasteiger partial charge in [0.1, 0.15) is 5.75 Å². The predicted octanol–water partition coefficient (Wildman–Crippen LogP) is 4.45. The van der Waals surface area contributed by atoms with Gasteiger partial charge < -0.3 is 19.9 Å². The average Bonchev–Trinajstić information content (AvgIpc) is 2.88. The zero-order valence-electron chi connectivity index (χ0n) is 18.8. The first-order chi connectivity index (χ1) is 16.2. The SMILES string of the molecule is CCC(Oc1ccccc1)C(=O)Nc1ccccc1C(=O)N1CCN(c2ccccc2)CC1. The van der Waals surface area contributed by atoms with Crippen LogP contribution in [0.25, 0.3) is 0 Å². The van der Waals surface area contributed by atoms with Crippen LogP contribution in [0.15, 0.2) is 84.9 Å². The molecule has 1 aliphatic rings. The zero-order valence-corrected chi connectivity index (χ0v) is 18.8. The number of anilines is 2. The number of nitrogens with zero attached hydrogens (tertiary/aromatic N) is 2. The summed E-state index contributed by atoms with van der Waals surface area (Å²) in [6.45, 7) is 4.70. The van der Waals surface area contributed by atoms with Crippen molar-refractivity contribution in [1.82, 2.24) is 4.90 Å². The third-order valence-corrected chi connectivity index (χ3v) is 5.79. The molecule has 6 heteroatoms. The molecule has 1 atom stereocenters. The molecule has 0 radical (unpaired) electrons. The summed E-state index contributed by atoms with van der Waals surface area (Å²) in [6.07, 6.45) is -0.136.